The van der Waals surface area contributed by atoms with Crippen molar-refractivity contribution < 1.29 is 19.4 Å². The van der Waals surface area contributed by atoms with E-state index in [1.54, 1.807) is 14.2 Å². The molecule has 24 heavy (non-hydrogen) atoms. The topological polar surface area (TPSA) is 59.0 Å². The maximum atomic E-state index is 13.1. The molecule has 1 saturated heterocycles. The third-order valence-electron chi connectivity index (χ3n) is 6.23. The number of carbonyl (C=O) groups is 1. The predicted molar refractivity (Wildman–Crippen MR) is 89.3 cm³/mol. The van der Waals surface area contributed by atoms with Crippen LogP contribution in [0.25, 0.3) is 0 Å². The Hall–Kier alpha value is -2.01. The summed E-state index contributed by atoms with van der Waals surface area (Å²) in [5, 5.41) is 10.9. The minimum absolute atomic E-state index is 0.0631. The Balaban J connectivity index is 1.97. The van der Waals surface area contributed by atoms with Crippen LogP contribution in [0, 0.1) is 5.92 Å². The zero-order valence-electron chi connectivity index (χ0n) is 14.3. The number of rotatable bonds is 2. The summed E-state index contributed by atoms with van der Waals surface area (Å²) in [6.45, 7) is 0.917. The lowest BCUT2D eigenvalue weighted by Gasteiger charge is -2.56. The summed E-state index contributed by atoms with van der Waals surface area (Å²) in [5.41, 5.74) is 1.68. The van der Waals surface area contributed by atoms with Gasteiger partial charge in [0.2, 0.25) is 5.78 Å². The van der Waals surface area contributed by atoms with Crippen molar-refractivity contribution in [2.24, 2.45) is 5.92 Å². The number of benzene rings is 1. The van der Waals surface area contributed by atoms with Crippen LogP contribution in [0.15, 0.2) is 24.0 Å². The van der Waals surface area contributed by atoms with E-state index < -0.39 is 0 Å². The monoisotopic (exact) mass is 329 g/mol. The Kier molecular flexibility index (Phi) is 3.39. The normalized spacial score (nSPS) is 31.8. The Morgan fingerprint density at radius 1 is 1.29 bits per heavy atom. The first-order chi connectivity index (χ1) is 11.5. The van der Waals surface area contributed by atoms with Crippen LogP contribution in [0.1, 0.15) is 24.0 Å². The highest BCUT2D eigenvalue weighted by atomic mass is 16.5. The van der Waals surface area contributed by atoms with Gasteiger partial charge in [0.1, 0.15) is 0 Å². The average Bonchev–Trinajstić information content (AvgIpc) is 2.58. The average molecular weight is 329 g/mol. The minimum atomic E-state index is -0.359. The molecule has 0 unspecified atom stereocenters. The number of methoxy groups -OCH3 is 2. The molecule has 0 aromatic heterocycles. The van der Waals surface area contributed by atoms with E-state index in [1.807, 2.05) is 18.2 Å². The Labute approximate surface area is 141 Å². The lowest BCUT2D eigenvalue weighted by atomic mass is 9.53. The fourth-order valence-electron chi connectivity index (χ4n) is 5.07. The predicted octanol–water partition coefficient (Wildman–Crippen LogP) is 2.02. The van der Waals surface area contributed by atoms with Crippen LogP contribution in [-0.2, 0) is 21.4 Å². The van der Waals surface area contributed by atoms with E-state index in [9.17, 15) is 9.90 Å². The number of allylic oxidation sites excluding steroid dienone is 2. The number of ether oxygens (including phenoxy) is 2. The lowest BCUT2D eigenvalue weighted by Crippen LogP contribution is -2.62. The number of Topliss-reactive ketones (excluding diaryl/α,β-unsaturated/α-hetero) is 1. The Bertz CT molecular complexity index is 741. The second-order valence-electron chi connectivity index (χ2n) is 7.13. The number of nitrogens with zero attached hydrogens (tertiary/aromatic N) is 1. The molecule has 5 heteroatoms. The number of hydrogen-bond acceptors (Lipinski definition) is 5. The third-order valence-corrected chi connectivity index (χ3v) is 6.23. The van der Waals surface area contributed by atoms with E-state index in [2.05, 4.69) is 11.9 Å². The molecule has 1 N–H and O–H groups in total. The van der Waals surface area contributed by atoms with Crippen LogP contribution in [-0.4, -0.2) is 49.6 Å². The molecule has 2 aliphatic carbocycles. The molecule has 0 saturated carbocycles. The second kappa shape index (κ2) is 5.24. The van der Waals surface area contributed by atoms with Crippen LogP contribution in [0.5, 0.6) is 11.5 Å². The van der Waals surface area contributed by atoms with Gasteiger partial charge in [0.15, 0.2) is 17.3 Å². The number of aromatic hydroxyl groups is 1. The van der Waals surface area contributed by atoms with Gasteiger partial charge in [-0.25, -0.2) is 0 Å². The molecule has 3 atom stereocenters. The molecular formula is C19H23NO4. The highest BCUT2D eigenvalue weighted by Crippen LogP contribution is 2.57. The standard InChI is InChI=1S/C19H23NO4/c1-20-9-8-19-7-6-14(24-3)18(22)16(19)12(20)10-11-4-5-13(23-2)17(21)15(11)19/h4-6,12,16,21H,7-10H2,1-3H3/t12-,16+,19+/m1/s1. The van der Waals surface area contributed by atoms with Crippen molar-refractivity contribution >= 4 is 5.78 Å². The number of carbonyl (C=O) groups excluding carboxylic acids is 1. The molecule has 2 bridgehead atoms. The molecule has 1 fully saturated rings. The summed E-state index contributed by atoms with van der Waals surface area (Å²) in [4.78, 5) is 15.4. The van der Waals surface area contributed by atoms with Crippen LogP contribution in [0.2, 0.25) is 0 Å². The second-order valence-corrected chi connectivity index (χ2v) is 7.13. The van der Waals surface area contributed by atoms with Crippen LogP contribution in [0.4, 0.5) is 0 Å². The van der Waals surface area contributed by atoms with Gasteiger partial charge < -0.3 is 19.5 Å². The summed E-state index contributed by atoms with van der Waals surface area (Å²) >= 11 is 0. The van der Waals surface area contributed by atoms with Gasteiger partial charge in [0.05, 0.1) is 20.1 Å². The van der Waals surface area contributed by atoms with Gasteiger partial charge >= 0.3 is 0 Å². The fraction of sp³-hybridized carbons (Fsp3) is 0.526. The first kappa shape index (κ1) is 15.5. The van der Waals surface area contributed by atoms with Gasteiger partial charge in [-0.2, -0.15) is 0 Å². The van der Waals surface area contributed by atoms with E-state index in [-0.39, 0.29) is 28.9 Å². The highest BCUT2D eigenvalue weighted by Gasteiger charge is 2.58. The Morgan fingerprint density at radius 2 is 2.08 bits per heavy atom. The summed E-state index contributed by atoms with van der Waals surface area (Å²) in [6, 6.07) is 4.00. The third kappa shape index (κ3) is 1.82. The molecule has 1 heterocycles. The van der Waals surface area contributed by atoms with Gasteiger partial charge in [0.25, 0.3) is 0 Å². The molecule has 1 aromatic carbocycles. The van der Waals surface area contributed by atoms with Gasteiger partial charge in [-0.15, -0.1) is 0 Å². The largest absolute Gasteiger partial charge is 0.504 e. The number of fused-ring (bicyclic) bond motifs is 1. The molecule has 1 aromatic rings. The molecular weight excluding hydrogens is 306 g/mol. The smallest absolute Gasteiger partial charge is 0.202 e. The van der Waals surface area contributed by atoms with E-state index in [1.165, 1.54) is 0 Å². The maximum Gasteiger partial charge on any atom is 0.202 e. The number of phenols is 1. The maximum absolute atomic E-state index is 13.1. The van der Waals surface area contributed by atoms with Gasteiger partial charge in [-0.1, -0.05) is 6.07 Å². The first-order valence-electron chi connectivity index (χ1n) is 8.41. The zero-order chi connectivity index (χ0) is 17.1. The summed E-state index contributed by atoms with van der Waals surface area (Å²) in [5.74, 6) is 1.02. The molecule has 3 aliphatic rings. The molecule has 128 valence electrons. The van der Waals surface area contributed by atoms with Gasteiger partial charge in [-0.05, 0) is 50.6 Å². The van der Waals surface area contributed by atoms with Crippen molar-refractivity contribution in [1.82, 2.24) is 4.90 Å². The van der Waals surface area contributed by atoms with Gasteiger partial charge in [-0.3, -0.25) is 4.79 Å². The van der Waals surface area contributed by atoms with Crippen molar-refractivity contribution in [3.05, 3.63) is 35.1 Å². The summed E-state index contributed by atoms with van der Waals surface area (Å²) in [6.07, 6.45) is 4.22. The zero-order valence-corrected chi connectivity index (χ0v) is 14.3. The van der Waals surface area contributed by atoms with E-state index in [4.69, 9.17) is 9.47 Å². The van der Waals surface area contributed by atoms with Crippen molar-refractivity contribution in [2.45, 2.75) is 30.7 Å². The van der Waals surface area contributed by atoms with E-state index in [0.717, 1.165) is 30.5 Å². The van der Waals surface area contributed by atoms with Gasteiger partial charge in [0, 0.05) is 17.0 Å². The van der Waals surface area contributed by atoms with Crippen molar-refractivity contribution in [3.63, 3.8) is 0 Å². The minimum Gasteiger partial charge on any atom is -0.504 e. The molecule has 0 amide bonds. The fourth-order valence-corrected chi connectivity index (χ4v) is 5.07. The summed E-state index contributed by atoms with van der Waals surface area (Å²) < 4.78 is 10.6. The van der Waals surface area contributed by atoms with Crippen LogP contribution in [0.3, 0.4) is 0 Å². The van der Waals surface area contributed by atoms with Crippen molar-refractivity contribution in [1.29, 1.82) is 0 Å². The number of piperidine rings is 1. The number of likely N-dealkylation sites (N-methyl/N-ethyl adjacent to an activating group) is 1. The number of phenolic OH excluding ortho intramolecular Hbond substituents is 1. The van der Waals surface area contributed by atoms with Crippen LogP contribution < -0.4 is 4.74 Å². The molecule has 5 nitrogen and oxygen atoms in total. The summed E-state index contributed by atoms with van der Waals surface area (Å²) in [7, 11) is 5.20. The SMILES string of the molecule is COC1=CC[C@]23CCN(C)[C@H](Cc4ccc(OC)c(O)c42)[C@H]3C1=O. The molecule has 1 aliphatic heterocycles. The van der Waals surface area contributed by atoms with Crippen molar-refractivity contribution in [3.8, 4) is 11.5 Å². The van der Waals surface area contributed by atoms with Crippen LogP contribution >= 0.6 is 0 Å². The molecule has 0 spiro atoms. The Morgan fingerprint density at radius 3 is 2.79 bits per heavy atom. The van der Waals surface area contributed by atoms with E-state index in [0.29, 0.717) is 17.9 Å². The quantitative estimate of drug-likeness (QED) is 0.899. The molecule has 0 radical (unpaired) electrons. The molecule has 4 rings (SSSR count). The number of hydrogen-bond donors (Lipinski definition) is 1. The number of likely N-dealkylation sites (tertiary alicyclic amines) is 1. The lowest BCUT2D eigenvalue weighted by molar-refractivity contribution is -0.132. The van der Waals surface area contributed by atoms with Crippen molar-refractivity contribution in [2.75, 3.05) is 27.8 Å². The number of ketones is 1. The first-order valence-corrected chi connectivity index (χ1v) is 8.41. The highest BCUT2D eigenvalue weighted by molar-refractivity contribution is 5.98. The van der Waals surface area contributed by atoms with E-state index >= 15 is 0 Å².